The van der Waals surface area contributed by atoms with E-state index < -0.39 is 0 Å². The van der Waals surface area contributed by atoms with Crippen LogP contribution in [0.15, 0.2) is 35.8 Å². The van der Waals surface area contributed by atoms with Crippen molar-refractivity contribution in [1.29, 1.82) is 0 Å². The molecule has 3 N–H and O–H groups in total. The molecule has 0 aliphatic rings. The molecule has 0 radical (unpaired) electrons. The Bertz CT molecular complexity index is 755. The van der Waals surface area contributed by atoms with Crippen LogP contribution in [0.3, 0.4) is 0 Å². The van der Waals surface area contributed by atoms with E-state index in [1.807, 2.05) is 18.2 Å². The van der Waals surface area contributed by atoms with Crippen LogP contribution in [0.25, 0.3) is 10.2 Å². The first-order valence-corrected chi connectivity index (χ1v) is 7.12. The molecule has 0 saturated heterocycles. The maximum absolute atomic E-state index is 6.10. The maximum Gasteiger partial charge on any atom is 0.106 e. The van der Waals surface area contributed by atoms with Crippen molar-refractivity contribution in [2.24, 2.45) is 0 Å². The monoisotopic (exact) mass is 309 g/mol. The second-order valence-corrected chi connectivity index (χ2v) is 5.68. The number of fused-ring (bicyclic) bond motifs is 1. The lowest BCUT2D eigenvalue weighted by Crippen LogP contribution is -1.97. The van der Waals surface area contributed by atoms with Gasteiger partial charge in [-0.2, -0.15) is 0 Å². The molecule has 2 aromatic carbocycles. The van der Waals surface area contributed by atoms with Crippen LogP contribution in [0.4, 0.5) is 17.1 Å². The molecule has 0 fully saturated rings. The molecule has 0 aliphatic heterocycles. The van der Waals surface area contributed by atoms with Gasteiger partial charge in [-0.05, 0) is 30.3 Å². The predicted octanol–water partition coefficient (Wildman–Crippen LogP) is 4.93. The number of hydrogen-bond acceptors (Lipinski definition) is 4. The van der Waals surface area contributed by atoms with Crippen LogP contribution in [0.2, 0.25) is 10.0 Å². The minimum atomic E-state index is 0.500. The third-order valence-electron chi connectivity index (χ3n) is 2.74. The summed E-state index contributed by atoms with van der Waals surface area (Å²) in [5.41, 5.74) is 11.0. The zero-order chi connectivity index (χ0) is 13.4. The van der Waals surface area contributed by atoms with E-state index in [1.165, 1.54) is 0 Å². The molecule has 0 bridgehead atoms. The van der Waals surface area contributed by atoms with Gasteiger partial charge in [0.2, 0.25) is 0 Å². The molecule has 0 aliphatic carbocycles. The third-order valence-corrected chi connectivity index (χ3v) is 4.27. The second kappa shape index (κ2) is 4.89. The summed E-state index contributed by atoms with van der Waals surface area (Å²) < 4.78 is 1.07. The van der Waals surface area contributed by atoms with Crippen molar-refractivity contribution in [2.75, 3.05) is 11.1 Å². The Morgan fingerprint density at radius 1 is 1.11 bits per heavy atom. The van der Waals surface area contributed by atoms with Crippen molar-refractivity contribution >= 4 is 61.8 Å². The highest BCUT2D eigenvalue weighted by Crippen LogP contribution is 2.33. The van der Waals surface area contributed by atoms with Crippen LogP contribution in [0, 0.1) is 0 Å². The Kier molecular flexibility index (Phi) is 3.22. The largest absolute Gasteiger partial charge is 0.395 e. The van der Waals surface area contributed by atoms with E-state index in [1.54, 1.807) is 29.0 Å². The average molecular weight is 310 g/mol. The van der Waals surface area contributed by atoms with Crippen LogP contribution >= 0.6 is 34.5 Å². The number of nitrogens with two attached hydrogens (primary N) is 1. The fourth-order valence-corrected chi connectivity index (χ4v) is 2.78. The molecule has 0 amide bonds. The van der Waals surface area contributed by atoms with E-state index in [0.717, 1.165) is 21.6 Å². The summed E-state index contributed by atoms with van der Waals surface area (Å²) in [7, 11) is 0. The molecule has 0 atom stereocenters. The van der Waals surface area contributed by atoms with E-state index in [4.69, 9.17) is 28.9 Å². The number of nitrogen functional groups attached to an aromatic ring is 1. The van der Waals surface area contributed by atoms with Crippen LogP contribution in [-0.2, 0) is 0 Å². The summed E-state index contributed by atoms with van der Waals surface area (Å²) in [6.07, 6.45) is 0. The Labute approximate surface area is 124 Å². The highest BCUT2D eigenvalue weighted by Gasteiger charge is 2.07. The Morgan fingerprint density at radius 3 is 2.74 bits per heavy atom. The Morgan fingerprint density at radius 2 is 1.95 bits per heavy atom. The number of nitrogens with zero attached hydrogens (tertiary/aromatic N) is 1. The molecule has 1 heterocycles. The molecule has 0 spiro atoms. The number of thiazole rings is 1. The van der Waals surface area contributed by atoms with E-state index in [-0.39, 0.29) is 0 Å². The van der Waals surface area contributed by atoms with Gasteiger partial charge in [-0.3, -0.25) is 0 Å². The second-order valence-electron chi connectivity index (χ2n) is 3.98. The third kappa shape index (κ3) is 2.34. The van der Waals surface area contributed by atoms with E-state index in [2.05, 4.69) is 10.3 Å². The van der Waals surface area contributed by atoms with Gasteiger partial charge < -0.3 is 11.1 Å². The Hall–Kier alpha value is -1.49. The van der Waals surface area contributed by atoms with Gasteiger partial charge in [0.1, 0.15) is 5.52 Å². The topological polar surface area (TPSA) is 50.9 Å². The van der Waals surface area contributed by atoms with Gasteiger partial charge in [0.25, 0.3) is 0 Å². The minimum Gasteiger partial charge on any atom is -0.395 e. The lowest BCUT2D eigenvalue weighted by molar-refractivity contribution is 1.49. The highest BCUT2D eigenvalue weighted by molar-refractivity contribution is 7.16. The standard InChI is InChI=1S/C13H9Cl2N3S/c14-8-2-1-7(5-9(8)15)18-10-3-4-11-13(12(10)16)17-6-19-11/h1-6,18H,16H2. The highest BCUT2D eigenvalue weighted by atomic mass is 35.5. The molecule has 1 aromatic heterocycles. The van der Waals surface area contributed by atoms with Gasteiger partial charge in [-0.1, -0.05) is 23.2 Å². The fourth-order valence-electron chi connectivity index (χ4n) is 1.79. The van der Waals surface area contributed by atoms with Crippen molar-refractivity contribution in [2.45, 2.75) is 0 Å². The number of nitrogens with one attached hydrogen (secondary N) is 1. The maximum atomic E-state index is 6.10. The predicted molar refractivity (Wildman–Crippen MR) is 83.8 cm³/mol. The fraction of sp³-hybridized carbons (Fsp3) is 0. The van der Waals surface area contributed by atoms with Crippen molar-refractivity contribution in [3.05, 3.63) is 45.9 Å². The molecule has 0 unspecified atom stereocenters. The summed E-state index contributed by atoms with van der Waals surface area (Å²) in [6.45, 7) is 0. The summed E-state index contributed by atoms with van der Waals surface area (Å²) in [5.74, 6) is 0. The first kappa shape index (κ1) is 12.5. The number of anilines is 3. The van der Waals surface area contributed by atoms with Crippen LogP contribution in [0.5, 0.6) is 0 Å². The summed E-state index contributed by atoms with van der Waals surface area (Å²) in [4.78, 5) is 4.26. The van der Waals surface area contributed by atoms with Gasteiger partial charge in [0, 0.05) is 5.69 Å². The molecule has 0 saturated carbocycles. The SMILES string of the molecule is Nc1c(Nc2ccc(Cl)c(Cl)c2)ccc2scnc12. The van der Waals surface area contributed by atoms with Crippen molar-refractivity contribution < 1.29 is 0 Å². The first-order valence-electron chi connectivity index (χ1n) is 5.49. The molecule has 3 rings (SSSR count). The van der Waals surface area contributed by atoms with Crippen LogP contribution in [-0.4, -0.2) is 4.98 Å². The lowest BCUT2D eigenvalue weighted by atomic mass is 10.2. The lowest BCUT2D eigenvalue weighted by Gasteiger charge is -2.10. The van der Waals surface area contributed by atoms with Gasteiger partial charge in [0.05, 0.1) is 31.6 Å². The zero-order valence-corrected chi connectivity index (χ0v) is 12.0. The van der Waals surface area contributed by atoms with Crippen molar-refractivity contribution in [3.8, 4) is 0 Å². The molecular weight excluding hydrogens is 301 g/mol. The summed E-state index contributed by atoms with van der Waals surface area (Å²) in [6, 6.07) is 9.26. The van der Waals surface area contributed by atoms with E-state index >= 15 is 0 Å². The van der Waals surface area contributed by atoms with Crippen LogP contribution < -0.4 is 11.1 Å². The van der Waals surface area contributed by atoms with E-state index in [9.17, 15) is 0 Å². The summed E-state index contributed by atoms with van der Waals surface area (Å²) >= 11 is 13.4. The number of halogens is 2. The average Bonchev–Trinajstić information content (AvgIpc) is 2.86. The molecule has 3 nitrogen and oxygen atoms in total. The number of rotatable bonds is 2. The number of hydrogen-bond donors (Lipinski definition) is 2. The van der Waals surface area contributed by atoms with Crippen molar-refractivity contribution in [3.63, 3.8) is 0 Å². The smallest absolute Gasteiger partial charge is 0.106 e. The number of aromatic nitrogens is 1. The van der Waals surface area contributed by atoms with Gasteiger partial charge >= 0.3 is 0 Å². The molecule has 19 heavy (non-hydrogen) atoms. The zero-order valence-electron chi connectivity index (χ0n) is 9.65. The van der Waals surface area contributed by atoms with Crippen LogP contribution in [0.1, 0.15) is 0 Å². The molecule has 6 heteroatoms. The van der Waals surface area contributed by atoms with Gasteiger partial charge in [0.15, 0.2) is 0 Å². The van der Waals surface area contributed by atoms with Crippen molar-refractivity contribution in [1.82, 2.24) is 4.98 Å². The van der Waals surface area contributed by atoms with E-state index in [0.29, 0.717) is 15.7 Å². The minimum absolute atomic E-state index is 0.500. The van der Waals surface area contributed by atoms with Gasteiger partial charge in [-0.15, -0.1) is 11.3 Å². The molecule has 3 aromatic rings. The summed E-state index contributed by atoms with van der Waals surface area (Å²) in [5, 5.41) is 4.24. The first-order chi connectivity index (χ1) is 9.15. The van der Waals surface area contributed by atoms with Gasteiger partial charge in [-0.25, -0.2) is 4.98 Å². The Balaban J connectivity index is 2.00. The number of benzene rings is 2. The molecule has 96 valence electrons. The molecular formula is C13H9Cl2N3S. The quantitative estimate of drug-likeness (QED) is 0.660. The normalized spacial score (nSPS) is 10.8.